The number of hydrogen-bond donors (Lipinski definition) is 1. The Labute approximate surface area is 110 Å². The number of likely N-dealkylation sites (tertiary alicyclic amines) is 1. The molecule has 1 saturated carbocycles. The molecule has 1 heterocycles. The van der Waals surface area contributed by atoms with Gasteiger partial charge >= 0.3 is 0 Å². The average Bonchev–Trinajstić information content (AvgIpc) is 3.14. The summed E-state index contributed by atoms with van der Waals surface area (Å²) in [6, 6.07) is 0. The fourth-order valence-electron chi connectivity index (χ4n) is 2.87. The van der Waals surface area contributed by atoms with Gasteiger partial charge in [-0.15, -0.1) is 0 Å². The summed E-state index contributed by atoms with van der Waals surface area (Å²) in [4.78, 5) is 14.0. The quantitative estimate of drug-likeness (QED) is 0.602. The molecule has 2 fully saturated rings. The first-order valence-corrected chi connectivity index (χ1v) is 7.27. The highest BCUT2D eigenvalue weighted by atomic mass is 16.3. The van der Waals surface area contributed by atoms with Crippen molar-refractivity contribution in [3.63, 3.8) is 0 Å². The van der Waals surface area contributed by atoms with Crippen LogP contribution >= 0.6 is 0 Å². The molecule has 0 radical (unpaired) electrons. The van der Waals surface area contributed by atoms with Gasteiger partial charge in [0, 0.05) is 25.4 Å². The van der Waals surface area contributed by atoms with Gasteiger partial charge in [0.25, 0.3) is 0 Å². The normalized spacial score (nSPS) is 26.6. The molecule has 1 aliphatic carbocycles. The largest absolute Gasteiger partial charge is 0.390 e. The number of amides is 1. The first-order valence-electron chi connectivity index (χ1n) is 7.27. The van der Waals surface area contributed by atoms with E-state index in [0.29, 0.717) is 12.3 Å². The lowest BCUT2D eigenvalue weighted by Crippen LogP contribution is -2.44. The van der Waals surface area contributed by atoms with Gasteiger partial charge in [0.15, 0.2) is 0 Å². The van der Waals surface area contributed by atoms with Crippen molar-refractivity contribution in [3.05, 3.63) is 12.2 Å². The number of unbranched alkanes of at least 4 members (excludes halogenated alkanes) is 1. The molecule has 1 saturated heterocycles. The lowest BCUT2D eigenvalue weighted by atomic mass is 9.90. The number of hydrogen-bond acceptors (Lipinski definition) is 2. The van der Waals surface area contributed by atoms with Gasteiger partial charge in [-0.1, -0.05) is 12.2 Å². The molecule has 1 unspecified atom stereocenters. The fourth-order valence-corrected chi connectivity index (χ4v) is 2.87. The highest BCUT2D eigenvalue weighted by molar-refractivity contribution is 5.76. The number of carbonyl (C=O) groups excluding carboxylic acids is 1. The van der Waals surface area contributed by atoms with Crippen LogP contribution in [0.25, 0.3) is 0 Å². The van der Waals surface area contributed by atoms with Crippen molar-refractivity contribution < 1.29 is 9.90 Å². The van der Waals surface area contributed by atoms with Crippen LogP contribution in [0.5, 0.6) is 0 Å². The number of nitrogens with zero attached hydrogens (tertiary/aromatic N) is 1. The molecular weight excluding hydrogens is 226 g/mol. The van der Waals surface area contributed by atoms with Gasteiger partial charge in [0.2, 0.25) is 5.91 Å². The molecule has 0 aromatic rings. The van der Waals surface area contributed by atoms with Crippen LogP contribution in [-0.4, -0.2) is 34.6 Å². The smallest absolute Gasteiger partial charge is 0.222 e. The van der Waals surface area contributed by atoms with E-state index in [4.69, 9.17) is 0 Å². The molecular formula is C15H25NO2. The fraction of sp³-hybridized carbons (Fsp3) is 0.800. The maximum atomic E-state index is 12.1. The summed E-state index contributed by atoms with van der Waals surface area (Å²) in [6.07, 6.45) is 10.7. The molecule has 1 amide bonds. The van der Waals surface area contributed by atoms with Gasteiger partial charge < -0.3 is 10.0 Å². The summed E-state index contributed by atoms with van der Waals surface area (Å²) >= 11 is 0. The standard InChI is InChI=1S/C15H25NO2/c1-2-3-4-5-8-14(17)16-11-6-7-13(12-16)15(18)9-10-15/h2-3,13,18H,4-12H2,1H3. The van der Waals surface area contributed by atoms with E-state index in [9.17, 15) is 9.90 Å². The van der Waals surface area contributed by atoms with E-state index in [1.807, 2.05) is 17.9 Å². The molecule has 0 spiro atoms. The molecule has 3 heteroatoms. The Hall–Kier alpha value is -0.830. The summed E-state index contributed by atoms with van der Waals surface area (Å²) in [5, 5.41) is 10.2. The van der Waals surface area contributed by atoms with Crippen molar-refractivity contribution in [2.75, 3.05) is 13.1 Å². The zero-order valence-electron chi connectivity index (χ0n) is 11.4. The maximum absolute atomic E-state index is 12.1. The van der Waals surface area contributed by atoms with Crippen molar-refractivity contribution >= 4 is 5.91 Å². The minimum atomic E-state index is -0.427. The van der Waals surface area contributed by atoms with E-state index in [2.05, 4.69) is 6.08 Å². The predicted molar refractivity (Wildman–Crippen MR) is 72.2 cm³/mol. The van der Waals surface area contributed by atoms with E-state index in [1.54, 1.807) is 0 Å². The van der Waals surface area contributed by atoms with Crippen LogP contribution in [0.2, 0.25) is 0 Å². The highest BCUT2D eigenvalue weighted by Gasteiger charge is 2.48. The van der Waals surface area contributed by atoms with Gasteiger partial charge in [-0.25, -0.2) is 0 Å². The second kappa shape index (κ2) is 5.87. The number of allylic oxidation sites excluding steroid dienone is 2. The summed E-state index contributed by atoms with van der Waals surface area (Å²) < 4.78 is 0. The summed E-state index contributed by atoms with van der Waals surface area (Å²) in [6.45, 7) is 3.67. The number of rotatable bonds is 5. The van der Waals surface area contributed by atoms with Gasteiger partial charge in [-0.2, -0.15) is 0 Å². The van der Waals surface area contributed by atoms with Crippen molar-refractivity contribution in [1.82, 2.24) is 4.90 Å². The first kappa shape index (κ1) is 13.6. The summed E-state index contributed by atoms with van der Waals surface area (Å²) in [7, 11) is 0. The Morgan fingerprint density at radius 2 is 2.28 bits per heavy atom. The molecule has 0 bridgehead atoms. The zero-order valence-corrected chi connectivity index (χ0v) is 11.4. The topological polar surface area (TPSA) is 40.5 Å². The predicted octanol–water partition coefficient (Wildman–Crippen LogP) is 2.50. The van der Waals surface area contributed by atoms with Crippen molar-refractivity contribution in [2.45, 2.75) is 57.5 Å². The third-order valence-corrected chi connectivity index (χ3v) is 4.29. The molecule has 1 N–H and O–H groups in total. The van der Waals surface area contributed by atoms with E-state index in [-0.39, 0.29) is 5.91 Å². The van der Waals surface area contributed by atoms with Crippen LogP contribution in [0.4, 0.5) is 0 Å². The van der Waals surface area contributed by atoms with E-state index in [0.717, 1.165) is 51.6 Å². The van der Waals surface area contributed by atoms with Crippen LogP contribution in [0.15, 0.2) is 12.2 Å². The van der Waals surface area contributed by atoms with Crippen molar-refractivity contribution in [1.29, 1.82) is 0 Å². The van der Waals surface area contributed by atoms with Crippen molar-refractivity contribution in [2.24, 2.45) is 5.92 Å². The van der Waals surface area contributed by atoms with Gasteiger partial charge in [0.05, 0.1) is 5.60 Å². The Morgan fingerprint density at radius 1 is 1.50 bits per heavy atom. The van der Waals surface area contributed by atoms with Crippen LogP contribution in [0, 0.1) is 5.92 Å². The Balaban J connectivity index is 1.75. The average molecular weight is 251 g/mol. The monoisotopic (exact) mass is 251 g/mol. The number of piperidine rings is 1. The number of carbonyl (C=O) groups is 1. The Kier molecular flexibility index (Phi) is 4.44. The molecule has 1 aliphatic heterocycles. The Bertz CT molecular complexity index is 320. The molecule has 1 atom stereocenters. The van der Waals surface area contributed by atoms with Gasteiger partial charge in [-0.3, -0.25) is 4.79 Å². The first-order chi connectivity index (χ1) is 8.65. The molecule has 2 rings (SSSR count). The number of aliphatic hydroxyl groups is 1. The second-order valence-corrected chi connectivity index (χ2v) is 5.74. The minimum Gasteiger partial charge on any atom is -0.390 e. The third kappa shape index (κ3) is 3.35. The van der Waals surface area contributed by atoms with Crippen LogP contribution < -0.4 is 0 Å². The van der Waals surface area contributed by atoms with Crippen molar-refractivity contribution in [3.8, 4) is 0 Å². The molecule has 0 aromatic heterocycles. The van der Waals surface area contributed by atoms with E-state index in [1.165, 1.54) is 0 Å². The SMILES string of the molecule is CC=CCCCC(=O)N1CCCC(C2(O)CC2)C1. The van der Waals surface area contributed by atoms with E-state index >= 15 is 0 Å². The zero-order chi connectivity index (χ0) is 13.0. The van der Waals surface area contributed by atoms with Crippen LogP contribution in [0.1, 0.15) is 51.9 Å². The lowest BCUT2D eigenvalue weighted by Gasteiger charge is -2.35. The van der Waals surface area contributed by atoms with Crippen LogP contribution in [-0.2, 0) is 4.79 Å². The minimum absolute atomic E-state index is 0.272. The summed E-state index contributed by atoms with van der Waals surface area (Å²) in [5.74, 6) is 0.596. The highest BCUT2D eigenvalue weighted by Crippen LogP contribution is 2.45. The molecule has 18 heavy (non-hydrogen) atoms. The molecule has 102 valence electrons. The third-order valence-electron chi connectivity index (χ3n) is 4.29. The van der Waals surface area contributed by atoms with Crippen LogP contribution in [0.3, 0.4) is 0 Å². The Morgan fingerprint density at radius 3 is 2.94 bits per heavy atom. The summed E-state index contributed by atoms with van der Waals surface area (Å²) in [5.41, 5.74) is -0.427. The van der Waals surface area contributed by atoms with E-state index < -0.39 is 5.60 Å². The molecule has 2 aliphatic rings. The molecule has 3 nitrogen and oxygen atoms in total. The van der Waals surface area contributed by atoms with Gasteiger partial charge in [-0.05, 0) is 45.4 Å². The maximum Gasteiger partial charge on any atom is 0.222 e. The molecule has 0 aromatic carbocycles. The lowest BCUT2D eigenvalue weighted by molar-refractivity contribution is -0.134. The van der Waals surface area contributed by atoms with Gasteiger partial charge in [0.1, 0.15) is 0 Å². The second-order valence-electron chi connectivity index (χ2n) is 5.74.